The van der Waals surface area contributed by atoms with E-state index in [1.54, 1.807) is 14.1 Å². The summed E-state index contributed by atoms with van der Waals surface area (Å²) in [6, 6.07) is 4.10. The van der Waals surface area contributed by atoms with Crippen LogP contribution in [0.4, 0.5) is 11.4 Å². The van der Waals surface area contributed by atoms with Crippen LogP contribution in [0.15, 0.2) is 30.4 Å². The first kappa shape index (κ1) is 17.5. The molecule has 0 fully saturated rings. The SMILES string of the molecule is CN(C)C(=O)/C=C/C(=O)N1CC(C)(C)Oc2ccc([N+](=O)[O-])cc21. The summed E-state index contributed by atoms with van der Waals surface area (Å²) in [6.45, 7) is 3.83. The lowest BCUT2D eigenvalue weighted by atomic mass is 10.0. The van der Waals surface area contributed by atoms with Crippen molar-refractivity contribution in [1.29, 1.82) is 0 Å². The monoisotopic (exact) mass is 333 g/mol. The highest BCUT2D eigenvalue weighted by atomic mass is 16.6. The number of carbonyl (C=O) groups is 2. The first-order chi connectivity index (χ1) is 11.1. The second-order valence-corrected chi connectivity index (χ2v) is 6.26. The van der Waals surface area contributed by atoms with Crippen molar-refractivity contribution in [3.63, 3.8) is 0 Å². The number of nitrogens with zero attached hydrogens (tertiary/aromatic N) is 3. The number of hydrogen-bond acceptors (Lipinski definition) is 5. The maximum absolute atomic E-state index is 12.5. The number of hydrogen-bond donors (Lipinski definition) is 0. The molecule has 1 heterocycles. The van der Waals surface area contributed by atoms with Crippen molar-refractivity contribution in [1.82, 2.24) is 4.90 Å². The van der Waals surface area contributed by atoms with Gasteiger partial charge in [0, 0.05) is 38.4 Å². The zero-order valence-electron chi connectivity index (χ0n) is 14.0. The van der Waals surface area contributed by atoms with Crippen LogP contribution >= 0.6 is 0 Å². The summed E-state index contributed by atoms with van der Waals surface area (Å²) in [7, 11) is 3.15. The molecule has 0 saturated carbocycles. The summed E-state index contributed by atoms with van der Waals surface area (Å²) < 4.78 is 5.78. The molecule has 0 saturated heterocycles. The predicted molar refractivity (Wildman–Crippen MR) is 88.0 cm³/mol. The number of nitro groups is 1. The van der Waals surface area contributed by atoms with Crippen molar-refractivity contribution in [2.75, 3.05) is 25.5 Å². The highest BCUT2D eigenvalue weighted by molar-refractivity contribution is 6.06. The molecule has 0 radical (unpaired) electrons. The molecular weight excluding hydrogens is 314 g/mol. The Labute approximate surface area is 139 Å². The highest BCUT2D eigenvalue weighted by Gasteiger charge is 2.35. The van der Waals surface area contributed by atoms with Gasteiger partial charge in [-0.15, -0.1) is 0 Å². The minimum atomic E-state index is -0.655. The van der Waals surface area contributed by atoms with Crippen LogP contribution in [0.3, 0.4) is 0 Å². The van der Waals surface area contributed by atoms with Gasteiger partial charge in [-0.2, -0.15) is 0 Å². The van der Waals surface area contributed by atoms with Crippen molar-refractivity contribution in [3.8, 4) is 5.75 Å². The minimum Gasteiger partial charge on any atom is -0.484 e. The Morgan fingerprint density at radius 3 is 2.58 bits per heavy atom. The molecule has 2 rings (SSSR count). The molecule has 8 nitrogen and oxygen atoms in total. The topological polar surface area (TPSA) is 93.0 Å². The summed E-state index contributed by atoms with van der Waals surface area (Å²) in [5.41, 5.74) is -0.475. The fraction of sp³-hybridized carbons (Fsp3) is 0.375. The third-order valence-electron chi connectivity index (χ3n) is 3.44. The number of benzene rings is 1. The quantitative estimate of drug-likeness (QED) is 0.477. The van der Waals surface area contributed by atoms with Crippen LogP contribution in [0.25, 0.3) is 0 Å². The average Bonchev–Trinajstić information content (AvgIpc) is 2.49. The third-order valence-corrected chi connectivity index (χ3v) is 3.44. The number of ether oxygens (including phenoxy) is 1. The van der Waals surface area contributed by atoms with Gasteiger partial charge in [-0.3, -0.25) is 19.7 Å². The van der Waals surface area contributed by atoms with Crippen LogP contribution in [0, 0.1) is 10.1 Å². The first-order valence-corrected chi connectivity index (χ1v) is 7.29. The Bertz CT molecular complexity index is 724. The number of amides is 2. The average molecular weight is 333 g/mol. The third kappa shape index (κ3) is 3.70. The van der Waals surface area contributed by atoms with Gasteiger partial charge in [-0.1, -0.05) is 0 Å². The van der Waals surface area contributed by atoms with Crippen LogP contribution in [-0.2, 0) is 9.59 Å². The van der Waals surface area contributed by atoms with Crippen LogP contribution in [0.5, 0.6) is 5.75 Å². The van der Waals surface area contributed by atoms with Crippen molar-refractivity contribution in [2.24, 2.45) is 0 Å². The molecule has 0 aliphatic carbocycles. The Kier molecular flexibility index (Phi) is 4.59. The Balaban J connectivity index is 2.39. The maximum atomic E-state index is 12.5. The van der Waals surface area contributed by atoms with E-state index in [0.29, 0.717) is 11.4 Å². The predicted octanol–water partition coefficient (Wildman–Crippen LogP) is 1.74. The summed E-state index contributed by atoms with van der Waals surface area (Å²) >= 11 is 0. The summed E-state index contributed by atoms with van der Waals surface area (Å²) in [6.07, 6.45) is 2.33. The summed E-state index contributed by atoms with van der Waals surface area (Å²) in [4.78, 5) is 37.3. The molecule has 0 unspecified atom stereocenters. The molecule has 1 aliphatic heterocycles. The molecule has 1 aromatic carbocycles. The number of nitro benzene ring substituents is 1. The minimum absolute atomic E-state index is 0.136. The molecule has 0 spiro atoms. The zero-order valence-corrected chi connectivity index (χ0v) is 14.0. The summed E-state index contributed by atoms with van der Waals surface area (Å²) in [5.74, 6) is -0.379. The Morgan fingerprint density at radius 2 is 2.00 bits per heavy atom. The number of anilines is 1. The lowest BCUT2D eigenvalue weighted by Gasteiger charge is -2.39. The standard InChI is InChI=1S/C16H19N3O5/c1-16(2)10-18(15(21)8-7-14(20)17(3)4)12-9-11(19(22)23)5-6-13(12)24-16/h5-9H,10H2,1-4H3/b8-7+. The van der Waals surface area contributed by atoms with E-state index in [2.05, 4.69) is 0 Å². The van der Waals surface area contributed by atoms with Crippen molar-refractivity contribution >= 4 is 23.2 Å². The van der Waals surface area contributed by atoms with Crippen molar-refractivity contribution < 1.29 is 19.2 Å². The van der Waals surface area contributed by atoms with Gasteiger partial charge >= 0.3 is 0 Å². The molecular formula is C16H19N3O5. The molecule has 128 valence electrons. The zero-order chi connectivity index (χ0) is 18.1. The molecule has 1 aromatic rings. The maximum Gasteiger partial charge on any atom is 0.271 e. The van der Waals surface area contributed by atoms with Gasteiger partial charge in [0.2, 0.25) is 5.91 Å². The fourth-order valence-electron chi connectivity index (χ4n) is 2.29. The van der Waals surface area contributed by atoms with Gasteiger partial charge in [0.05, 0.1) is 17.2 Å². The lowest BCUT2D eigenvalue weighted by Crippen LogP contribution is -2.49. The number of rotatable bonds is 3. The van der Waals surface area contributed by atoms with Gasteiger partial charge < -0.3 is 14.5 Å². The summed E-state index contributed by atoms with van der Waals surface area (Å²) in [5, 5.41) is 11.0. The van der Waals surface area contributed by atoms with Gasteiger partial charge in [0.15, 0.2) is 0 Å². The number of non-ortho nitro benzene ring substituents is 1. The smallest absolute Gasteiger partial charge is 0.271 e. The molecule has 2 amide bonds. The van der Waals surface area contributed by atoms with E-state index in [9.17, 15) is 19.7 Å². The fourth-order valence-corrected chi connectivity index (χ4v) is 2.29. The number of carbonyl (C=O) groups excluding carboxylic acids is 2. The van der Waals surface area contributed by atoms with Crippen LogP contribution < -0.4 is 9.64 Å². The van der Waals surface area contributed by atoms with E-state index in [4.69, 9.17) is 4.74 Å². The lowest BCUT2D eigenvalue weighted by molar-refractivity contribution is -0.384. The molecule has 0 aromatic heterocycles. The largest absolute Gasteiger partial charge is 0.484 e. The normalized spacial score (nSPS) is 15.6. The van der Waals surface area contributed by atoms with E-state index in [1.807, 2.05) is 13.8 Å². The molecule has 24 heavy (non-hydrogen) atoms. The highest BCUT2D eigenvalue weighted by Crippen LogP contribution is 2.39. The van der Waals surface area contributed by atoms with Gasteiger partial charge in [-0.05, 0) is 19.9 Å². The molecule has 8 heteroatoms. The van der Waals surface area contributed by atoms with Gasteiger partial charge in [0.25, 0.3) is 11.6 Å². The molecule has 0 N–H and O–H groups in total. The van der Waals surface area contributed by atoms with Gasteiger partial charge in [0.1, 0.15) is 11.4 Å². The Morgan fingerprint density at radius 1 is 1.33 bits per heavy atom. The second kappa shape index (κ2) is 6.31. The van der Waals surface area contributed by atoms with E-state index in [0.717, 1.165) is 6.08 Å². The van der Waals surface area contributed by atoms with E-state index < -0.39 is 16.4 Å². The molecule has 1 aliphatic rings. The van der Waals surface area contributed by atoms with Gasteiger partial charge in [-0.25, -0.2) is 0 Å². The van der Waals surface area contributed by atoms with E-state index in [-0.39, 0.29) is 18.1 Å². The molecule has 0 atom stereocenters. The van der Waals surface area contributed by atoms with Crippen LogP contribution in [0.2, 0.25) is 0 Å². The number of fused-ring (bicyclic) bond motifs is 1. The van der Waals surface area contributed by atoms with E-state index >= 15 is 0 Å². The van der Waals surface area contributed by atoms with Crippen LogP contribution in [0.1, 0.15) is 13.8 Å². The second-order valence-electron chi connectivity index (χ2n) is 6.26. The Hall–Kier alpha value is -2.90. The van der Waals surface area contributed by atoms with Crippen molar-refractivity contribution in [3.05, 3.63) is 40.5 Å². The van der Waals surface area contributed by atoms with Crippen LogP contribution in [-0.4, -0.2) is 47.9 Å². The number of likely N-dealkylation sites (N-methyl/N-ethyl adjacent to an activating group) is 1. The van der Waals surface area contributed by atoms with Crippen molar-refractivity contribution in [2.45, 2.75) is 19.4 Å². The molecule has 0 bridgehead atoms. The van der Waals surface area contributed by atoms with E-state index in [1.165, 1.54) is 34.1 Å². The first-order valence-electron chi connectivity index (χ1n) is 7.29.